The van der Waals surface area contributed by atoms with Crippen molar-refractivity contribution in [2.75, 3.05) is 12.3 Å². The highest BCUT2D eigenvalue weighted by Gasteiger charge is 2.06. The monoisotopic (exact) mass is 321 g/mol. The number of carbonyl (C=O) groups excluding carboxylic acids is 1. The van der Waals surface area contributed by atoms with Crippen LogP contribution in [0.3, 0.4) is 0 Å². The molecule has 2 aromatic rings. The summed E-state index contributed by atoms with van der Waals surface area (Å²) in [7, 11) is 1.72. The number of aryl methyl sites for hydroxylation is 1. The van der Waals surface area contributed by atoms with Crippen LogP contribution in [0, 0.1) is 11.8 Å². The van der Waals surface area contributed by atoms with Crippen LogP contribution in [-0.2, 0) is 11.8 Å². The van der Waals surface area contributed by atoms with Gasteiger partial charge in [-0.2, -0.15) is 0 Å². The van der Waals surface area contributed by atoms with Gasteiger partial charge in [-0.05, 0) is 28.6 Å². The normalized spacial score (nSPS) is 9.81. The average Bonchev–Trinajstić information content (AvgIpc) is 2.87. The van der Waals surface area contributed by atoms with Crippen LogP contribution in [0.15, 0.2) is 29.4 Å². The van der Waals surface area contributed by atoms with E-state index in [1.807, 2.05) is 12.1 Å². The van der Waals surface area contributed by atoms with Gasteiger partial charge in [0, 0.05) is 17.6 Å². The van der Waals surface area contributed by atoms with Crippen LogP contribution in [0.2, 0.25) is 5.02 Å². The van der Waals surface area contributed by atoms with Crippen molar-refractivity contribution in [3.05, 3.63) is 34.9 Å². The fourth-order valence-electron chi connectivity index (χ4n) is 1.38. The van der Waals surface area contributed by atoms with Crippen molar-refractivity contribution in [2.24, 2.45) is 7.05 Å². The van der Waals surface area contributed by atoms with E-state index in [2.05, 4.69) is 32.7 Å². The SMILES string of the molecule is Cn1nnnc1SCC(=O)NCC#Cc1cccc(Cl)c1. The van der Waals surface area contributed by atoms with Gasteiger partial charge < -0.3 is 5.32 Å². The van der Waals surface area contributed by atoms with E-state index in [1.165, 1.54) is 16.4 Å². The Morgan fingerprint density at radius 3 is 3.10 bits per heavy atom. The minimum atomic E-state index is -0.122. The Kier molecular flexibility index (Phi) is 5.60. The van der Waals surface area contributed by atoms with E-state index >= 15 is 0 Å². The van der Waals surface area contributed by atoms with Gasteiger partial charge in [-0.15, -0.1) is 5.10 Å². The van der Waals surface area contributed by atoms with E-state index in [9.17, 15) is 4.79 Å². The lowest BCUT2D eigenvalue weighted by Crippen LogP contribution is -2.25. The molecule has 0 aliphatic rings. The van der Waals surface area contributed by atoms with Crippen molar-refractivity contribution < 1.29 is 4.79 Å². The van der Waals surface area contributed by atoms with Gasteiger partial charge in [-0.25, -0.2) is 4.68 Å². The molecule has 1 N–H and O–H groups in total. The van der Waals surface area contributed by atoms with Crippen molar-refractivity contribution in [1.29, 1.82) is 0 Å². The molecule has 1 amide bonds. The molecule has 1 aromatic carbocycles. The highest BCUT2D eigenvalue weighted by molar-refractivity contribution is 7.99. The van der Waals surface area contributed by atoms with Crippen molar-refractivity contribution >= 4 is 29.3 Å². The molecule has 0 radical (unpaired) electrons. The number of rotatable bonds is 4. The number of halogens is 1. The minimum Gasteiger partial charge on any atom is -0.344 e. The largest absolute Gasteiger partial charge is 0.344 e. The van der Waals surface area contributed by atoms with Gasteiger partial charge in [0.2, 0.25) is 11.1 Å². The smallest absolute Gasteiger partial charge is 0.231 e. The standard InChI is InChI=1S/C13H12ClN5OS/c1-19-13(16-17-18-19)21-9-12(20)15-7-3-5-10-4-2-6-11(14)8-10/h2,4,6,8H,7,9H2,1H3,(H,15,20). The number of tetrazole rings is 1. The second-order valence-electron chi connectivity index (χ2n) is 3.96. The summed E-state index contributed by atoms with van der Waals surface area (Å²) in [5, 5.41) is 14.9. The highest BCUT2D eigenvalue weighted by Crippen LogP contribution is 2.11. The van der Waals surface area contributed by atoms with Gasteiger partial charge in [-0.3, -0.25) is 4.79 Å². The first-order valence-electron chi connectivity index (χ1n) is 6.01. The molecule has 0 spiro atoms. The maximum absolute atomic E-state index is 11.6. The second kappa shape index (κ2) is 7.67. The Morgan fingerprint density at radius 2 is 2.38 bits per heavy atom. The number of carbonyl (C=O) groups is 1. The zero-order chi connectivity index (χ0) is 15.1. The minimum absolute atomic E-state index is 0.122. The van der Waals surface area contributed by atoms with Gasteiger partial charge in [0.1, 0.15) is 0 Å². The number of hydrogen-bond donors (Lipinski definition) is 1. The van der Waals surface area contributed by atoms with E-state index < -0.39 is 0 Å². The number of nitrogens with zero attached hydrogens (tertiary/aromatic N) is 4. The van der Waals surface area contributed by atoms with Crippen LogP contribution in [-0.4, -0.2) is 38.4 Å². The third kappa shape index (κ3) is 5.10. The summed E-state index contributed by atoms with van der Waals surface area (Å²) >= 11 is 7.12. The molecule has 0 unspecified atom stereocenters. The first kappa shape index (κ1) is 15.4. The summed E-state index contributed by atoms with van der Waals surface area (Å²) in [4.78, 5) is 11.6. The molecule has 0 saturated heterocycles. The predicted octanol–water partition coefficient (Wildman–Crippen LogP) is 1.12. The molecular formula is C13H12ClN5OS. The zero-order valence-electron chi connectivity index (χ0n) is 11.2. The lowest BCUT2D eigenvalue weighted by Gasteiger charge is -2.00. The Balaban J connectivity index is 1.74. The quantitative estimate of drug-likeness (QED) is 0.675. The van der Waals surface area contributed by atoms with Crippen LogP contribution in [0.4, 0.5) is 0 Å². The molecular weight excluding hydrogens is 310 g/mol. The van der Waals surface area contributed by atoms with Gasteiger partial charge in [-0.1, -0.05) is 41.3 Å². The summed E-state index contributed by atoms with van der Waals surface area (Å²) in [6.45, 7) is 0.281. The van der Waals surface area contributed by atoms with Crippen molar-refractivity contribution in [3.63, 3.8) is 0 Å². The number of amides is 1. The van der Waals surface area contributed by atoms with Gasteiger partial charge >= 0.3 is 0 Å². The Morgan fingerprint density at radius 1 is 1.52 bits per heavy atom. The van der Waals surface area contributed by atoms with Crippen molar-refractivity contribution in [1.82, 2.24) is 25.5 Å². The number of thioether (sulfide) groups is 1. The van der Waals surface area contributed by atoms with Gasteiger partial charge in [0.25, 0.3) is 0 Å². The van der Waals surface area contributed by atoms with Crippen LogP contribution in [0.25, 0.3) is 0 Å². The van der Waals surface area contributed by atoms with Crippen molar-refractivity contribution in [3.8, 4) is 11.8 Å². The van der Waals surface area contributed by atoms with Gasteiger partial charge in [0.05, 0.1) is 12.3 Å². The lowest BCUT2D eigenvalue weighted by atomic mass is 10.2. The molecule has 0 aliphatic heterocycles. The van der Waals surface area contributed by atoms with Gasteiger partial charge in [0.15, 0.2) is 0 Å². The lowest BCUT2D eigenvalue weighted by molar-refractivity contribution is -0.118. The fraction of sp³-hybridized carbons (Fsp3) is 0.231. The maximum Gasteiger partial charge on any atom is 0.231 e. The molecule has 0 aliphatic carbocycles. The predicted molar refractivity (Wildman–Crippen MR) is 80.9 cm³/mol. The highest BCUT2D eigenvalue weighted by atomic mass is 35.5. The zero-order valence-corrected chi connectivity index (χ0v) is 12.8. The van der Waals surface area contributed by atoms with Crippen LogP contribution in [0.5, 0.6) is 0 Å². The van der Waals surface area contributed by atoms with E-state index in [0.717, 1.165) is 5.56 Å². The van der Waals surface area contributed by atoms with Crippen LogP contribution in [0.1, 0.15) is 5.56 Å². The summed E-state index contributed by atoms with van der Waals surface area (Å²) in [5.74, 6) is 5.92. The molecule has 1 aromatic heterocycles. The third-order valence-corrected chi connectivity index (χ3v) is 3.59. The molecule has 0 atom stereocenters. The molecule has 21 heavy (non-hydrogen) atoms. The third-order valence-electron chi connectivity index (χ3n) is 2.34. The Bertz CT molecular complexity index is 691. The van der Waals surface area contributed by atoms with Crippen LogP contribution < -0.4 is 5.32 Å². The first-order valence-corrected chi connectivity index (χ1v) is 7.38. The first-order chi connectivity index (χ1) is 10.1. The molecule has 6 nitrogen and oxygen atoms in total. The summed E-state index contributed by atoms with van der Waals surface area (Å²) in [5.41, 5.74) is 0.816. The van der Waals surface area contributed by atoms with E-state index in [4.69, 9.17) is 11.6 Å². The number of hydrogen-bond acceptors (Lipinski definition) is 5. The molecule has 8 heteroatoms. The molecule has 0 bridgehead atoms. The molecule has 1 heterocycles. The fourth-order valence-corrected chi connectivity index (χ4v) is 2.25. The maximum atomic E-state index is 11.6. The van der Waals surface area contributed by atoms with E-state index in [-0.39, 0.29) is 18.2 Å². The molecule has 2 rings (SSSR count). The Labute approximate surface area is 131 Å². The molecule has 0 saturated carbocycles. The summed E-state index contributed by atoms with van der Waals surface area (Å²) in [6, 6.07) is 7.24. The number of nitrogens with one attached hydrogen (secondary N) is 1. The molecule has 0 fully saturated rings. The number of benzene rings is 1. The van der Waals surface area contributed by atoms with E-state index in [0.29, 0.717) is 10.2 Å². The van der Waals surface area contributed by atoms with E-state index in [1.54, 1.807) is 19.2 Å². The number of aromatic nitrogens is 4. The van der Waals surface area contributed by atoms with Crippen molar-refractivity contribution in [2.45, 2.75) is 5.16 Å². The Hall–Kier alpha value is -2.04. The summed E-state index contributed by atoms with van der Waals surface area (Å²) in [6.07, 6.45) is 0. The topological polar surface area (TPSA) is 72.7 Å². The van der Waals surface area contributed by atoms with Crippen LogP contribution >= 0.6 is 23.4 Å². The molecule has 108 valence electrons. The average molecular weight is 322 g/mol. The summed E-state index contributed by atoms with van der Waals surface area (Å²) < 4.78 is 1.51. The second-order valence-corrected chi connectivity index (χ2v) is 5.34.